The summed E-state index contributed by atoms with van der Waals surface area (Å²) < 4.78 is 5.32. The lowest BCUT2D eigenvalue weighted by Gasteiger charge is -2.38. The van der Waals surface area contributed by atoms with Gasteiger partial charge in [0.2, 0.25) is 5.91 Å². The molecule has 1 N–H and O–H groups in total. The number of aryl methyl sites for hydroxylation is 1. The molecule has 0 saturated carbocycles. The number of methoxy groups -OCH3 is 1. The summed E-state index contributed by atoms with van der Waals surface area (Å²) in [5.74, 6) is 0.922. The number of carbonyl (C=O) groups excluding carboxylic acids is 1. The van der Waals surface area contributed by atoms with Crippen molar-refractivity contribution in [2.45, 2.75) is 26.3 Å². The maximum Gasteiger partial charge on any atom is 0.241 e. The molecule has 5 heteroatoms. The topological polar surface area (TPSA) is 44.8 Å². The highest BCUT2D eigenvalue weighted by molar-refractivity contribution is 5.94. The lowest BCUT2D eigenvalue weighted by Crippen LogP contribution is -2.52. The largest absolute Gasteiger partial charge is 0.497 e. The van der Waals surface area contributed by atoms with Crippen molar-refractivity contribution in [2.75, 3.05) is 43.5 Å². The van der Waals surface area contributed by atoms with Crippen LogP contribution in [0.3, 0.4) is 0 Å². The monoisotopic (exact) mass is 367 g/mol. The highest BCUT2D eigenvalue weighted by Crippen LogP contribution is 2.22. The van der Waals surface area contributed by atoms with Crippen LogP contribution < -0.4 is 15.0 Å². The van der Waals surface area contributed by atoms with Gasteiger partial charge in [0.25, 0.3) is 0 Å². The molecule has 0 aromatic heterocycles. The van der Waals surface area contributed by atoms with Gasteiger partial charge in [-0.15, -0.1) is 0 Å². The van der Waals surface area contributed by atoms with Gasteiger partial charge in [-0.2, -0.15) is 0 Å². The van der Waals surface area contributed by atoms with E-state index in [1.807, 2.05) is 31.2 Å². The summed E-state index contributed by atoms with van der Waals surface area (Å²) in [7, 11) is 1.69. The van der Waals surface area contributed by atoms with E-state index in [0.29, 0.717) is 0 Å². The number of amides is 1. The van der Waals surface area contributed by atoms with E-state index in [1.165, 1.54) is 11.3 Å². The number of nitrogens with zero attached hydrogens (tertiary/aromatic N) is 2. The first-order chi connectivity index (χ1) is 13.1. The summed E-state index contributed by atoms with van der Waals surface area (Å²) in [5, 5.41) is 3.04. The molecule has 27 heavy (non-hydrogen) atoms. The molecule has 1 amide bonds. The molecular weight excluding hydrogens is 338 g/mol. The molecular formula is C22H29N3O2. The van der Waals surface area contributed by atoms with Gasteiger partial charge in [-0.05, 0) is 43.2 Å². The quantitative estimate of drug-likeness (QED) is 0.850. The highest BCUT2D eigenvalue weighted by Gasteiger charge is 2.25. The van der Waals surface area contributed by atoms with Crippen LogP contribution in [0.2, 0.25) is 0 Å². The third kappa shape index (κ3) is 4.80. The minimum Gasteiger partial charge on any atom is -0.497 e. The zero-order valence-electron chi connectivity index (χ0n) is 16.4. The molecule has 5 nitrogen and oxygen atoms in total. The van der Waals surface area contributed by atoms with Gasteiger partial charge < -0.3 is 15.0 Å². The molecule has 1 fully saturated rings. The fourth-order valence-corrected chi connectivity index (χ4v) is 3.41. The Kier molecular flexibility index (Phi) is 6.35. The van der Waals surface area contributed by atoms with Crippen LogP contribution in [0, 0.1) is 0 Å². The van der Waals surface area contributed by atoms with Gasteiger partial charge in [0.05, 0.1) is 13.2 Å². The molecule has 0 aliphatic carbocycles. The van der Waals surface area contributed by atoms with Gasteiger partial charge in [0.1, 0.15) is 5.75 Å². The molecule has 1 saturated heterocycles. The second kappa shape index (κ2) is 8.91. The fraction of sp³-hybridized carbons (Fsp3) is 0.409. The van der Waals surface area contributed by atoms with Crippen molar-refractivity contribution in [3.8, 4) is 5.75 Å². The average Bonchev–Trinajstić information content (AvgIpc) is 2.74. The third-order valence-electron chi connectivity index (χ3n) is 5.29. The Morgan fingerprint density at radius 3 is 2.44 bits per heavy atom. The predicted molar refractivity (Wildman–Crippen MR) is 111 cm³/mol. The second-order valence-electron chi connectivity index (χ2n) is 6.94. The highest BCUT2D eigenvalue weighted by atomic mass is 16.5. The molecule has 3 rings (SSSR count). The summed E-state index contributed by atoms with van der Waals surface area (Å²) in [4.78, 5) is 17.2. The SMILES string of the molecule is CCc1ccc(NC(=O)C(C)N2CCN(c3cccc(OC)c3)CC2)cc1. The minimum absolute atomic E-state index is 0.0501. The van der Waals surface area contributed by atoms with E-state index >= 15 is 0 Å². The first kappa shape index (κ1) is 19.2. The number of benzene rings is 2. The van der Waals surface area contributed by atoms with Crippen molar-refractivity contribution in [3.63, 3.8) is 0 Å². The van der Waals surface area contributed by atoms with Gasteiger partial charge >= 0.3 is 0 Å². The Balaban J connectivity index is 1.54. The molecule has 0 radical (unpaired) electrons. The van der Waals surface area contributed by atoms with Crippen molar-refractivity contribution in [2.24, 2.45) is 0 Å². The van der Waals surface area contributed by atoms with E-state index in [2.05, 4.69) is 46.3 Å². The Bertz CT molecular complexity index is 752. The molecule has 0 bridgehead atoms. The third-order valence-corrected chi connectivity index (χ3v) is 5.29. The minimum atomic E-state index is -0.150. The number of anilines is 2. The normalized spacial score (nSPS) is 16.0. The molecule has 2 aromatic carbocycles. The number of hydrogen-bond donors (Lipinski definition) is 1. The maximum atomic E-state index is 12.6. The Hall–Kier alpha value is -2.53. The standard InChI is InChI=1S/C22H29N3O2/c1-4-18-8-10-19(11-9-18)23-22(26)17(2)24-12-14-25(15-13-24)20-6-5-7-21(16-20)27-3/h5-11,16-17H,4,12-15H2,1-3H3,(H,23,26). The number of carbonyl (C=O) groups is 1. The van der Waals surface area contributed by atoms with Crippen LogP contribution in [0.15, 0.2) is 48.5 Å². The summed E-state index contributed by atoms with van der Waals surface area (Å²) in [6.45, 7) is 7.63. The molecule has 1 heterocycles. The lowest BCUT2D eigenvalue weighted by molar-refractivity contribution is -0.120. The summed E-state index contributed by atoms with van der Waals surface area (Å²) in [5.41, 5.74) is 3.30. The van der Waals surface area contributed by atoms with Crippen LogP contribution in [-0.2, 0) is 11.2 Å². The molecule has 0 spiro atoms. The van der Waals surface area contributed by atoms with Gasteiger partial charge in [-0.25, -0.2) is 0 Å². The lowest BCUT2D eigenvalue weighted by atomic mass is 10.1. The molecule has 1 aliphatic heterocycles. The fourth-order valence-electron chi connectivity index (χ4n) is 3.41. The van der Waals surface area contributed by atoms with E-state index in [9.17, 15) is 4.79 Å². The number of rotatable bonds is 6. The van der Waals surface area contributed by atoms with Crippen LogP contribution in [-0.4, -0.2) is 50.1 Å². The van der Waals surface area contributed by atoms with Crippen LogP contribution >= 0.6 is 0 Å². The second-order valence-corrected chi connectivity index (χ2v) is 6.94. The van der Waals surface area contributed by atoms with E-state index in [-0.39, 0.29) is 11.9 Å². The molecule has 144 valence electrons. The van der Waals surface area contributed by atoms with E-state index in [0.717, 1.165) is 44.0 Å². The zero-order valence-corrected chi connectivity index (χ0v) is 16.4. The van der Waals surface area contributed by atoms with Crippen LogP contribution in [0.4, 0.5) is 11.4 Å². The van der Waals surface area contributed by atoms with Gasteiger partial charge in [0, 0.05) is 43.6 Å². The number of nitrogens with one attached hydrogen (secondary N) is 1. The summed E-state index contributed by atoms with van der Waals surface area (Å²) >= 11 is 0. The first-order valence-corrected chi connectivity index (χ1v) is 9.63. The van der Waals surface area contributed by atoms with E-state index in [1.54, 1.807) is 7.11 Å². The predicted octanol–water partition coefficient (Wildman–Crippen LogP) is 3.41. The number of piperazine rings is 1. The molecule has 1 atom stereocenters. The van der Waals surface area contributed by atoms with Crippen LogP contribution in [0.1, 0.15) is 19.4 Å². The van der Waals surface area contributed by atoms with Gasteiger partial charge in [-0.1, -0.05) is 25.1 Å². The molecule has 2 aromatic rings. The Labute approximate surface area is 161 Å². The Morgan fingerprint density at radius 2 is 1.81 bits per heavy atom. The van der Waals surface area contributed by atoms with Crippen molar-refractivity contribution in [3.05, 3.63) is 54.1 Å². The first-order valence-electron chi connectivity index (χ1n) is 9.63. The number of ether oxygens (including phenoxy) is 1. The molecule has 1 aliphatic rings. The number of hydrogen-bond acceptors (Lipinski definition) is 4. The van der Waals surface area contributed by atoms with Gasteiger partial charge in [0.15, 0.2) is 0 Å². The smallest absolute Gasteiger partial charge is 0.241 e. The zero-order chi connectivity index (χ0) is 19.2. The van der Waals surface area contributed by atoms with Crippen molar-refractivity contribution < 1.29 is 9.53 Å². The Morgan fingerprint density at radius 1 is 1.11 bits per heavy atom. The van der Waals surface area contributed by atoms with Crippen LogP contribution in [0.25, 0.3) is 0 Å². The van der Waals surface area contributed by atoms with Crippen molar-refractivity contribution in [1.29, 1.82) is 0 Å². The van der Waals surface area contributed by atoms with E-state index < -0.39 is 0 Å². The van der Waals surface area contributed by atoms with Crippen LogP contribution in [0.5, 0.6) is 5.75 Å². The molecule has 1 unspecified atom stereocenters. The average molecular weight is 367 g/mol. The van der Waals surface area contributed by atoms with Crippen molar-refractivity contribution >= 4 is 17.3 Å². The van der Waals surface area contributed by atoms with Crippen molar-refractivity contribution in [1.82, 2.24) is 4.90 Å². The van der Waals surface area contributed by atoms with E-state index in [4.69, 9.17) is 4.74 Å². The summed E-state index contributed by atoms with van der Waals surface area (Å²) in [6, 6.07) is 16.1. The van der Waals surface area contributed by atoms with Gasteiger partial charge in [-0.3, -0.25) is 9.69 Å². The maximum absolute atomic E-state index is 12.6. The summed E-state index contributed by atoms with van der Waals surface area (Å²) in [6.07, 6.45) is 1.00.